The van der Waals surface area contributed by atoms with Gasteiger partial charge < -0.3 is 15.1 Å². The van der Waals surface area contributed by atoms with Gasteiger partial charge in [0, 0.05) is 52.9 Å². The number of rotatable bonds is 6. The zero-order chi connectivity index (χ0) is 17.4. The molecular weight excluding hydrogens is 417 g/mol. The molecule has 0 spiro atoms. The van der Waals surface area contributed by atoms with Crippen LogP contribution in [0.5, 0.6) is 0 Å². The molecule has 1 amide bonds. The van der Waals surface area contributed by atoms with Crippen molar-refractivity contribution < 1.29 is 4.79 Å². The molecule has 1 aliphatic rings. The zero-order valence-electron chi connectivity index (χ0n) is 16.2. The van der Waals surface area contributed by atoms with Crippen LogP contribution in [0.3, 0.4) is 0 Å². The predicted molar refractivity (Wildman–Crippen MR) is 112 cm³/mol. The molecule has 0 saturated carbocycles. The lowest BCUT2D eigenvalue weighted by Gasteiger charge is -2.38. The first kappa shape index (κ1) is 23.4. The van der Waals surface area contributed by atoms with Gasteiger partial charge in [-0.3, -0.25) is 9.69 Å². The van der Waals surface area contributed by atoms with Gasteiger partial charge in [0.25, 0.3) is 0 Å². The maximum atomic E-state index is 11.8. The summed E-state index contributed by atoms with van der Waals surface area (Å²) in [5.74, 6) is 1.61. The minimum absolute atomic E-state index is 0. The second-order valence-corrected chi connectivity index (χ2v) is 7.06. The number of halogens is 1. The van der Waals surface area contributed by atoms with E-state index in [9.17, 15) is 4.79 Å². The zero-order valence-corrected chi connectivity index (χ0v) is 18.5. The standard InChI is InChI=1S/C17H35N5O.HI/c1-7-15(4)19-17(18-12-16(23)20(5)6)22-10-8-21(9-11-22)13-14(2)3;/h14-15H,7-13H2,1-6H3,(H,18,19);1H. The Morgan fingerprint density at radius 2 is 1.75 bits per heavy atom. The number of nitrogens with zero attached hydrogens (tertiary/aromatic N) is 4. The van der Waals surface area contributed by atoms with E-state index < -0.39 is 0 Å². The lowest BCUT2D eigenvalue weighted by Crippen LogP contribution is -2.54. The van der Waals surface area contributed by atoms with E-state index in [-0.39, 0.29) is 36.4 Å². The Morgan fingerprint density at radius 1 is 1.17 bits per heavy atom. The molecule has 0 aromatic carbocycles. The fourth-order valence-corrected chi connectivity index (χ4v) is 2.50. The van der Waals surface area contributed by atoms with Gasteiger partial charge in [-0.05, 0) is 19.3 Å². The minimum Gasteiger partial charge on any atom is -0.354 e. The summed E-state index contributed by atoms with van der Waals surface area (Å²) in [4.78, 5) is 22.8. The van der Waals surface area contributed by atoms with Crippen molar-refractivity contribution in [2.24, 2.45) is 10.9 Å². The van der Waals surface area contributed by atoms with Crippen molar-refractivity contribution in [3.05, 3.63) is 0 Å². The van der Waals surface area contributed by atoms with Crippen LogP contribution in [0.25, 0.3) is 0 Å². The number of amides is 1. The first-order chi connectivity index (χ1) is 10.8. The van der Waals surface area contributed by atoms with E-state index in [0.717, 1.165) is 45.1 Å². The van der Waals surface area contributed by atoms with Crippen LogP contribution in [-0.4, -0.2) is 86.0 Å². The second kappa shape index (κ2) is 11.9. The van der Waals surface area contributed by atoms with Crippen molar-refractivity contribution in [3.8, 4) is 0 Å². The Labute approximate surface area is 165 Å². The molecule has 1 atom stereocenters. The number of likely N-dealkylation sites (N-methyl/N-ethyl adjacent to an activating group) is 1. The fourth-order valence-electron chi connectivity index (χ4n) is 2.50. The molecule has 1 fully saturated rings. The Morgan fingerprint density at radius 3 is 2.21 bits per heavy atom. The summed E-state index contributed by atoms with van der Waals surface area (Å²) in [6.07, 6.45) is 1.04. The molecule has 1 unspecified atom stereocenters. The summed E-state index contributed by atoms with van der Waals surface area (Å²) in [6, 6.07) is 0.358. The summed E-state index contributed by atoms with van der Waals surface area (Å²) in [7, 11) is 3.54. The van der Waals surface area contributed by atoms with Gasteiger partial charge in [-0.1, -0.05) is 20.8 Å². The van der Waals surface area contributed by atoms with Crippen molar-refractivity contribution in [1.29, 1.82) is 0 Å². The SMILES string of the molecule is CCC(C)NC(=NCC(=O)N(C)C)N1CCN(CC(C)C)CC1.I. The van der Waals surface area contributed by atoms with Crippen molar-refractivity contribution in [2.75, 3.05) is 53.4 Å². The Bertz CT molecular complexity index is 392. The third-order valence-electron chi connectivity index (χ3n) is 4.15. The molecule has 0 aliphatic carbocycles. The average molecular weight is 453 g/mol. The second-order valence-electron chi connectivity index (χ2n) is 7.06. The molecule has 0 aromatic rings. The first-order valence-corrected chi connectivity index (χ1v) is 8.81. The predicted octanol–water partition coefficient (Wildman–Crippen LogP) is 1.71. The van der Waals surface area contributed by atoms with E-state index in [1.54, 1.807) is 19.0 Å². The van der Waals surface area contributed by atoms with Crippen LogP contribution in [0.1, 0.15) is 34.1 Å². The molecule has 0 aromatic heterocycles. The van der Waals surface area contributed by atoms with Crippen molar-refractivity contribution in [3.63, 3.8) is 0 Å². The van der Waals surface area contributed by atoms with Gasteiger partial charge in [0.2, 0.25) is 5.91 Å². The number of nitrogens with one attached hydrogen (secondary N) is 1. The van der Waals surface area contributed by atoms with E-state index in [1.165, 1.54) is 0 Å². The van der Waals surface area contributed by atoms with Crippen molar-refractivity contribution >= 4 is 35.8 Å². The van der Waals surface area contributed by atoms with Crippen LogP contribution in [0.2, 0.25) is 0 Å². The molecule has 24 heavy (non-hydrogen) atoms. The van der Waals surface area contributed by atoms with E-state index in [0.29, 0.717) is 12.0 Å². The van der Waals surface area contributed by atoms with Crippen LogP contribution in [-0.2, 0) is 4.79 Å². The molecule has 1 rings (SSSR count). The molecule has 7 heteroatoms. The summed E-state index contributed by atoms with van der Waals surface area (Å²) >= 11 is 0. The van der Waals surface area contributed by atoms with Gasteiger partial charge >= 0.3 is 0 Å². The summed E-state index contributed by atoms with van der Waals surface area (Å²) < 4.78 is 0. The van der Waals surface area contributed by atoms with Gasteiger partial charge in [-0.2, -0.15) is 0 Å². The Hall–Kier alpha value is -0.570. The molecule has 0 bridgehead atoms. The molecular formula is C17H36IN5O. The van der Waals surface area contributed by atoms with E-state index in [2.05, 4.69) is 47.8 Å². The largest absolute Gasteiger partial charge is 0.354 e. The monoisotopic (exact) mass is 453 g/mol. The highest BCUT2D eigenvalue weighted by Gasteiger charge is 2.21. The van der Waals surface area contributed by atoms with E-state index in [4.69, 9.17) is 0 Å². The smallest absolute Gasteiger partial charge is 0.243 e. The number of aliphatic imine (C=N–C) groups is 1. The quantitative estimate of drug-likeness (QED) is 0.378. The topological polar surface area (TPSA) is 51.2 Å². The molecule has 142 valence electrons. The number of hydrogen-bond acceptors (Lipinski definition) is 3. The normalized spacial score (nSPS) is 17.5. The van der Waals surface area contributed by atoms with Crippen molar-refractivity contribution in [2.45, 2.75) is 40.2 Å². The summed E-state index contributed by atoms with van der Waals surface area (Å²) in [5.41, 5.74) is 0. The van der Waals surface area contributed by atoms with Crippen LogP contribution in [0.4, 0.5) is 0 Å². The van der Waals surface area contributed by atoms with Crippen molar-refractivity contribution in [1.82, 2.24) is 20.0 Å². The highest BCUT2D eigenvalue weighted by atomic mass is 127. The van der Waals surface area contributed by atoms with Crippen LogP contribution >= 0.6 is 24.0 Å². The number of piperazine rings is 1. The number of guanidine groups is 1. The number of hydrogen-bond donors (Lipinski definition) is 1. The Balaban J connectivity index is 0.00000529. The first-order valence-electron chi connectivity index (χ1n) is 8.81. The van der Waals surface area contributed by atoms with Crippen LogP contribution in [0, 0.1) is 5.92 Å². The third kappa shape index (κ3) is 8.50. The minimum atomic E-state index is 0. The molecule has 1 heterocycles. The summed E-state index contributed by atoms with van der Waals surface area (Å²) in [5, 5.41) is 3.47. The summed E-state index contributed by atoms with van der Waals surface area (Å²) in [6.45, 7) is 14.2. The van der Waals surface area contributed by atoms with Gasteiger partial charge in [-0.25, -0.2) is 4.99 Å². The molecule has 1 aliphatic heterocycles. The fraction of sp³-hybridized carbons (Fsp3) is 0.882. The lowest BCUT2D eigenvalue weighted by atomic mass is 10.2. The molecule has 1 N–H and O–H groups in total. The average Bonchev–Trinajstić information content (AvgIpc) is 2.50. The maximum absolute atomic E-state index is 11.8. The third-order valence-corrected chi connectivity index (χ3v) is 4.15. The van der Waals surface area contributed by atoms with Gasteiger partial charge in [0.1, 0.15) is 6.54 Å². The van der Waals surface area contributed by atoms with E-state index in [1.807, 2.05) is 0 Å². The lowest BCUT2D eigenvalue weighted by molar-refractivity contribution is -0.127. The van der Waals surface area contributed by atoms with Crippen LogP contribution < -0.4 is 5.32 Å². The highest BCUT2D eigenvalue weighted by Crippen LogP contribution is 2.06. The van der Waals surface area contributed by atoms with E-state index >= 15 is 0 Å². The van der Waals surface area contributed by atoms with Gasteiger partial charge in [0.05, 0.1) is 0 Å². The number of carbonyl (C=O) groups is 1. The number of carbonyl (C=O) groups excluding carboxylic acids is 1. The van der Waals surface area contributed by atoms with Crippen LogP contribution in [0.15, 0.2) is 4.99 Å². The Kier molecular flexibility index (Phi) is 11.6. The van der Waals surface area contributed by atoms with Gasteiger partial charge in [-0.15, -0.1) is 24.0 Å². The molecule has 1 saturated heterocycles. The van der Waals surface area contributed by atoms with Gasteiger partial charge in [0.15, 0.2) is 5.96 Å². The molecule has 6 nitrogen and oxygen atoms in total. The molecule has 0 radical (unpaired) electrons. The highest BCUT2D eigenvalue weighted by molar-refractivity contribution is 14.0. The maximum Gasteiger partial charge on any atom is 0.243 e.